The minimum absolute atomic E-state index is 0.277. The van der Waals surface area contributed by atoms with Crippen molar-refractivity contribution in [2.75, 3.05) is 18.6 Å². The monoisotopic (exact) mass is 355 g/mol. The van der Waals surface area contributed by atoms with Crippen molar-refractivity contribution in [3.8, 4) is 0 Å². The fourth-order valence-corrected chi connectivity index (χ4v) is 3.46. The van der Waals surface area contributed by atoms with Crippen LogP contribution in [0.25, 0.3) is 5.65 Å². The van der Waals surface area contributed by atoms with Gasteiger partial charge in [0.1, 0.15) is 5.65 Å². The minimum atomic E-state index is -1.29. The average molecular weight is 355 g/mol. The molecule has 128 valence electrons. The molecule has 0 bridgehead atoms. The molecule has 3 aromatic rings. The molecule has 0 aliphatic carbocycles. The molecule has 0 aliphatic rings. The normalized spacial score (nSPS) is 11.9. The maximum Gasteiger partial charge on any atom is 0.415 e. The van der Waals surface area contributed by atoms with E-state index in [0.29, 0.717) is 16.4 Å². The van der Waals surface area contributed by atoms with Crippen molar-refractivity contribution < 1.29 is 13.7 Å². The highest BCUT2D eigenvalue weighted by molar-refractivity contribution is 7.85. The van der Waals surface area contributed by atoms with E-state index in [1.807, 2.05) is 30.3 Å². The van der Waals surface area contributed by atoms with Crippen LogP contribution in [0.4, 0.5) is 10.6 Å². The molecule has 0 N–H and O–H groups in total. The summed E-state index contributed by atoms with van der Waals surface area (Å²) >= 11 is 0. The van der Waals surface area contributed by atoms with Gasteiger partial charge in [0.15, 0.2) is 5.82 Å². The standard InChI is InChI=1S/C18H17N3O3S/c1-3-11-21(18(22)24-2)17-13-20-12-15(9-10-16(20)19-17)25(23)14-7-5-4-6-8-14/h3-10,12-13H,1,11H2,2H3. The molecule has 1 aromatic carbocycles. The van der Waals surface area contributed by atoms with E-state index in [1.165, 1.54) is 12.0 Å². The lowest BCUT2D eigenvalue weighted by atomic mass is 10.4. The zero-order chi connectivity index (χ0) is 17.8. The third-order valence-electron chi connectivity index (χ3n) is 3.57. The van der Waals surface area contributed by atoms with E-state index in [0.717, 1.165) is 4.90 Å². The number of ether oxygens (including phenoxy) is 1. The second-order valence-corrected chi connectivity index (χ2v) is 6.66. The number of anilines is 1. The quantitative estimate of drug-likeness (QED) is 0.659. The molecule has 1 unspecified atom stereocenters. The molecule has 0 fully saturated rings. The van der Waals surface area contributed by atoms with E-state index in [9.17, 15) is 9.00 Å². The summed E-state index contributed by atoms with van der Waals surface area (Å²) in [6.07, 6.45) is 4.52. The first-order valence-electron chi connectivity index (χ1n) is 7.56. The number of amides is 1. The Balaban J connectivity index is 1.97. The Labute approximate surface area is 147 Å². The van der Waals surface area contributed by atoms with Crippen molar-refractivity contribution in [1.29, 1.82) is 0 Å². The van der Waals surface area contributed by atoms with Crippen LogP contribution in [0.1, 0.15) is 0 Å². The molecule has 1 atom stereocenters. The number of pyridine rings is 1. The van der Waals surface area contributed by atoms with Crippen LogP contribution in [-0.2, 0) is 15.5 Å². The number of hydrogen-bond donors (Lipinski definition) is 0. The molecule has 0 radical (unpaired) electrons. The van der Waals surface area contributed by atoms with Gasteiger partial charge in [-0.3, -0.25) is 4.90 Å². The number of imidazole rings is 1. The summed E-state index contributed by atoms with van der Waals surface area (Å²) in [6.45, 7) is 3.92. The van der Waals surface area contributed by atoms with Crippen LogP contribution >= 0.6 is 0 Å². The summed E-state index contributed by atoms with van der Waals surface area (Å²) in [6, 6.07) is 12.8. The predicted octanol–water partition coefficient (Wildman–Crippen LogP) is 3.26. The molecule has 25 heavy (non-hydrogen) atoms. The maximum absolute atomic E-state index is 12.7. The summed E-state index contributed by atoms with van der Waals surface area (Å²) in [5, 5.41) is 0. The lowest BCUT2D eigenvalue weighted by Crippen LogP contribution is -2.31. The van der Waals surface area contributed by atoms with Crippen LogP contribution in [0, 0.1) is 0 Å². The smallest absolute Gasteiger partial charge is 0.415 e. The second kappa shape index (κ2) is 7.31. The van der Waals surface area contributed by atoms with E-state index < -0.39 is 16.9 Å². The van der Waals surface area contributed by atoms with Gasteiger partial charge in [-0.05, 0) is 24.3 Å². The largest absolute Gasteiger partial charge is 0.452 e. The van der Waals surface area contributed by atoms with Gasteiger partial charge in [-0.15, -0.1) is 6.58 Å². The molecule has 3 rings (SSSR count). The molecule has 0 saturated carbocycles. The SMILES string of the molecule is C=CCN(C(=O)OC)c1cn2cc(S(=O)c3ccccc3)ccc2n1. The Morgan fingerprint density at radius 3 is 2.68 bits per heavy atom. The zero-order valence-electron chi connectivity index (χ0n) is 13.7. The van der Waals surface area contributed by atoms with Crippen LogP contribution in [0.5, 0.6) is 0 Å². The molecular weight excluding hydrogens is 338 g/mol. The number of methoxy groups -OCH3 is 1. The van der Waals surface area contributed by atoms with Crippen molar-refractivity contribution in [3.05, 3.63) is 67.5 Å². The molecule has 2 aromatic heterocycles. The third-order valence-corrected chi connectivity index (χ3v) is 4.94. The fraction of sp³-hybridized carbons (Fsp3) is 0.111. The van der Waals surface area contributed by atoms with Crippen molar-refractivity contribution in [2.45, 2.75) is 9.79 Å². The third kappa shape index (κ3) is 3.46. The summed E-state index contributed by atoms with van der Waals surface area (Å²) in [5.41, 5.74) is 0.641. The first kappa shape index (κ1) is 16.9. The Morgan fingerprint density at radius 2 is 2.00 bits per heavy atom. The van der Waals surface area contributed by atoms with Crippen molar-refractivity contribution in [1.82, 2.24) is 9.38 Å². The van der Waals surface area contributed by atoms with E-state index >= 15 is 0 Å². The molecule has 0 spiro atoms. The Hall–Kier alpha value is -2.93. The zero-order valence-corrected chi connectivity index (χ0v) is 14.5. The Morgan fingerprint density at radius 1 is 1.24 bits per heavy atom. The first-order chi connectivity index (χ1) is 12.1. The molecule has 6 nitrogen and oxygen atoms in total. The molecule has 7 heteroatoms. The lowest BCUT2D eigenvalue weighted by Gasteiger charge is -2.15. The highest BCUT2D eigenvalue weighted by Crippen LogP contribution is 2.20. The summed E-state index contributed by atoms with van der Waals surface area (Å²) in [4.78, 5) is 19.1. The fourth-order valence-electron chi connectivity index (χ4n) is 2.38. The molecular formula is C18H17N3O3S. The lowest BCUT2D eigenvalue weighted by molar-refractivity contribution is 0.179. The van der Waals surface area contributed by atoms with Gasteiger partial charge >= 0.3 is 6.09 Å². The van der Waals surface area contributed by atoms with Crippen LogP contribution in [0.15, 0.2) is 77.3 Å². The number of aromatic nitrogens is 2. The highest BCUT2D eigenvalue weighted by Gasteiger charge is 2.18. The van der Waals surface area contributed by atoms with Gasteiger partial charge in [0, 0.05) is 17.6 Å². The number of fused-ring (bicyclic) bond motifs is 1. The molecule has 0 aliphatic heterocycles. The van der Waals surface area contributed by atoms with Gasteiger partial charge in [0.25, 0.3) is 0 Å². The van der Waals surface area contributed by atoms with Crippen LogP contribution in [-0.4, -0.2) is 33.3 Å². The summed E-state index contributed by atoms with van der Waals surface area (Å²) in [7, 11) is 0.0267. The van der Waals surface area contributed by atoms with Crippen LogP contribution in [0.2, 0.25) is 0 Å². The van der Waals surface area contributed by atoms with Crippen LogP contribution < -0.4 is 4.90 Å². The van der Waals surface area contributed by atoms with Crippen molar-refractivity contribution in [3.63, 3.8) is 0 Å². The number of nitrogens with zero attached hydrogens (tertiary/aromatic N) is 3. The number of rotatable bonds is 5. The summed E-state index contributed by atoms with van der Waals surface area (Å²) in [5.74, 6) is 0.439. The topological polar surface area (TPSA) is 63.9 Å². The van der Waals surface area contributed by atoms with E-state index in [-0.39, 0.29) is 6.54 Å². The van der Waals surface area contributed by atoms with Crippen molar-refractivity contribution >= 4 is 28.4 Å². The second-order valence-electron chi connectivity index (χ2n) is 5.18. The van der Waals surface area contributed by atoms with E-state index in [2.05, 4.69) is 11.6 Å². The van der Waals surface area contributed by atoms with Crippen LogP contribution in [0.3, 0.4) is 0 Å². The van der Waals surface area contributed by atoms with E-state index in [4.69, 9.17) is 4.74 Å². The van der Waals surface area contributed by atoms with Gasteiger partial charge in [-0.1, -0.05) is 24.3 Å². The number of hydrogen-bond acceptors (Lipinski definition) is 4. The van der Waals surface area contributed by atoms with Crippen molar-refractivity contribution in [2.24, 2.45) is 0 Å². The van der Waals surface area contributed by atoms with Gasteiger partial charge < -0.3 is 9.14 Å². The number of benzene rings is 1. The highest BCUT2D eigenvalue weighted by atomic mass is 32.2. The average Bonchev–Trinajstić information content (AvgIpc) is 3.08. The van der Waals surface area contributed by atoms with Gasteiger partial charge in [-0.2, -0.15) is 0 Å². The first-order valence-corrected chi connectivity index (χ1v) is 8.71. The predicted molar refractivity (Wildman–Crippen MR) is 96.3 cm³/mol. The number of carbonyl (C=O) groups is 1. The number of carbonyl (C=O) groups excluding carboxylic acids is 1. The Bertz CT molecular complexity index is 937. The molecule has 2 heterocycles. The van der Waals surface area contributed by atoms with Gasteiger partial charge in [0.2, 0.25) is 0 Å². The maximum atomic E-state index is 12.7. The summed E-state index contributed by atoms with van der Waals surface area (Å²) < 4.78 is 19.2. The Kier molecular flexibility index (Phi) is 4.95. The van der Waals surface area contributed by atoms with E-state index in [1.54, 1.807) is 35.0 Å². The molecule has 1 amide bonds. The van der Waals surface area contributed by atoms with Gasteiger partial charge in [0.05, 0.1) is 29.0 Å². The minimum Gasteiger partial charge on any atom is -0.452 e. The van der Waals surface area contributed by atoms with Gasteiger partial charge in [-0.25, -0.2) is 14.0 Å². The molecule has 0 saturated heterocycles.